The normalized spacial score (nSPS) is 13.5. The Morgan fingerprint density at radius 3 is 2.17 bits per heavy atom. The van der Waals surface area contributed by atoms with Crippen LogP contribution in [0, 0.1) is 0 Å². The number of alkyl halides is 3. The van der Waals surface area contributed by atoms with E-state index in [2.05, 4.69) is 31.9 Å². The molecule has 0 aliphatic rings. The summed E-state index contributed by atoms with van der Waals surface area (Å²) in [5.41, 5.74) is 6.59. The number of benzene rings is 1. The lowest BCUT2D eigenvalue weighted by molar-refractivity contribution is -0.153. The monoisotopic (exact) mass is 389 g/mol. The van der Waals surface area contributed by atoms with E-state index in [4.69, 9.17) is 10.5 Å². The SMILES string of the molecule is CC(N)Cc1cc(Br)c(OCC(F)(F)F)c(Br)c1. The molecule has 0 heterocycles. The number of hydrogen-bond acceptors (Lipinski definition) is 2. The van der Waals surface area contributed by atoms with Crippen LogP contribution in [-0.2, 0) is 6.42 Å². The van der Waals surface area contributed by atoms with Gasteiger partial charge in [0.1, 0.15) is 5.75 Å². The highest BCUT2D eigenvalue weighted by molar-refractivity contribution is 9.11. The molecule has 0 saturated carbocycles. The molecule has 7 heteroatoms. The molecule has 0 fully saturated rings. The van der Waals surface area contributed by atoms with Gasteiger partial charge in [0.05, 0.1) is 8.95 Å². The van der Waals surface area contributed by atoms with Crippen molar-refractivity contribution in [2.45, 2.75) is 25.6 Å². The van der Waals surface area contributed by atoms with Gasteiger partial charge < -0.3 is 10.5 Å². The molecule has 0 spiro atoms. The third-order valence-corrected chi connectivity index (χ3v) is 3.17. The van der Waals surface area contributed by atoms with E-state index in [-0.39, 0.29) is 11.8 Å². The molecule has 1 aromatic rings. The van der Waals surface area contributed by atoms with Crippen LogP contribution in [0.5, 0.6) is 5.75 Å². The summed E-state index contributed by atoms with van der Waals surface area (Å²) < 4.78 is 41.9. The maximum atomic E-state index is 12.1. The van der Waals surface area contributed by atoms with Crippen LogP contribution in [-0.4, -0.2) is 18.8 Å². The minimum absolute atomic E-state index is 0.0225. The van der Waals surface area contributed by atoms with Gasteiger partial charge in [-0.15, -0.1) is 0 Å². The molecule has 1 aromatic carbocycles. The van der Waals surface area contributed by atoms with Crippen molar-refractivity contribution in [3.8, 4) is 5.75 Å². The van der Waals surface area contributed by atoms with Crippen LogP contribution < -0.4 is 10.5 Å². The number of rotatable bonds is 4. The molecule has 0 aromatic heterocycles. The number of ether oxygens (including phenoxy) is 1. The average molecular weight is 391 g/mol. The van der Waals surface area contributed by atoms with Crippen LogP contribution in [0.1, 0.15) is 12.5 Å². The van der Waals surface area contributed by atoms with Gasteiger partial charge in [0.2, 0.25) is 0 Å². The smallest absolute Gasteiger partial charge is 0.422 e. The van der Waals surface area contributed by atoms with Gasteiger partial charge in [-0.05, 0) is 62.9 Å². The minimum atomic E-state index is -4.36. The van der Waals surface area contributed by atoms with Gasteiger partial charge in [0.15, 0.2) is 6.61 Å². The van der Waals surface area contributed by atoms with Crippen LogP contribution in [0.25, 0.3) is 0 Å². The molecule has 0 aliphatic heterocycles. The molecule has 0 radical (unpaired) electrons. The first-order valence-electron chi connectivity index (χ1n) is 5.12. The fourth-order valence-corrected chi connectivity index (χ4v) is 2.90. The summed E-state index contributed by atoms with van der Waals surface area (Å²) in [7, 11) is 0. The predicted molar refractivity (Wildman–Crippen MR) is 70.7 cm³/mol. The van der Waals surface area contributed by atoms with Gasteiger partial charge in [-0.25, -0.2) is 0 Å². The molecule has 0 aliphatic carbocycles. The van der Waals surface area contributed by atoms with E-state index in [1.54, 1.807) is 12.1 Å². The van der Waals surface area contributed by atoms with E-state index in [1.165, 1.54) is 0 Å². The van der Waals surface area contributed by atoms with Gasteiger partial charge in [-0.3, -0.25) is 0 Å². The van der Waals surface area contributed by atoms with Crippen LogP contribution in [0.4, 0.5) is 13.2 Å². The standard InChI is InChI=1S/C11H12Br2F3NO/c1-6(17)2-7-3-8(12)10(9(13)4-7)18-5-11(14,15)16/h3-4,6H,2,5,17H2,1H3. The van der Waals surface area contributed by atoms with Crippen molar-refractivity contribution in [3.05, 3.63) is 26.6 Å². The first-order valence-corrected chi connectivity index (χ1v) is 6.70. The number of hydrogen-bond donors (Lipinski definition) is 1. The highest BCUT2D eigenvalue weighted by atomic mass is 79.9. The largest absolute Gasteiger partial charge is 0.482 e. The Morgan fingerprint density at radius 1 is 1.28 bits per heavy atom. The van der Waals surface area contributed by atoms with E-state index < -0.39 is 12.8 Å². The van der Waals surface area contributed by atoms with Gasteiger partial charge >= 0.3 is 6.18 Å². The fraction of sp³-hybridized carbons (Fsp3) is 0.455. The Hall–Kier alpha value is -0.270. The third-order valence-electron chi connectivity index (χ3n) is 2.00. The van der Waals surface area contributed by atoms with Gasteiger partial charge in [0, 0.05) is 6.04 Å². The average Bonchev–Trinajstić information content (AvgIpc) is 2.12. The van der Waals surface area contributed by atoms with Crippen molar-refractivity contribution in [1.82, 2.24) is 0 Å². The van der Waals surface area contributed by atoms with Crippen molar-refractivity contribution >= 4 is 31.9 Å². The van der Waals surface area contributed by atoms with Crippen LogP contribution in [0.2, 0.25) is 0 Å². The summed E-state index contributed by atoms with van der Waals surface area (Å²) in [6, 6.07) is 3.39. The van der Waals surface area contributed by atoms with Gasteiger partial charge in [-0.1, -0.05) is 0 Å². The molecular weight excluding hydrogens is 379 g/mol. The maximum Gasteiger partial charge on any atom is 0.422 e. The molecule has 102 valence electrons. The van der Waals surface area contributed by atoms with Crippen LogP contribution in [0.15, 0.2) is 21.1 Å². The molecule has 0 bridgehead atoms. The summed E-state index contributed by atoms with van der Waals surface area (Å²) in [4.78, 5) is 0. The second-order valence-corrected chi connectivity index (χ2v) is 5.68. The Balaban J connectivity index is 2.87. The van der Waals surface area contributed by atoms with Crippen molar-refractivity contribution in [3.63, 3.8) is 0 Å². The summed E-state index contributed by atoms with van der Waals surface area (Å²) in [6.07, 6.45) is -3.72. The number of halogens is 5. The Bertz CT molecular complexity index is 398. The molecule has 18 heavy (non-hydrogen) atoms. The van der Waals surface area contributed by atoms with Crippen molar-refractivity contribution in [2.75, 3.05) is 6.61 Å². The zero-order chi connectivity index (χ0) is 13.9. The van der Waals surface area contributed by atoms with E-state index in [9.17, 15) is 13.2 Å². The Kier molecular flexibility index (Phi) is 5.48. The van der Waals surface area contributed by atoms with E-state index in [1.807, 2.05) is 6.92 Å². The highest BCUT2D eigenvalue weighted by Crippen LogP contribution is 2.36. The lowest BCUT2D eigenvalue weighted by Crippen LogP contribution is -2.20. The molecule has 0 saturated heterocycles. The zero-order valence-corrected chi connectivity index (χ0v) is 12.7. The lowest BCUT2D eigenvalue weighted by Gasteiger charge is -2.14. The molecular formula is C11H12Br2F3NO. The predicted octanol–water partition coefficient (Wildman–Crippen LogP) is 4.04. The number of nitrogens with two attached hydrogens (primary N) is 1. The third kappa shape index (κ3) is 5.16. The molecule has 0 amide bonds. The lowest BCUT2D eigenvalue weighted by atomic mass is 10.1. The van der Waals surface area contributed by atoms with E-state index in [0.29, 0.717) is 15.4 Å². The summed E-state index contributed by atoms with van der Waals surface area (Å²) in [5.74, 6) is 0.140. The van der Waals surface area contributed by atoms with E-state index >= 15 is 0 Å². The Labute approximate surface area is 120 Å². The molecule has 2 N–H and O–H groups in total. The molecule has 1 rings (SSSR count). The Morgan fingerprint density at radius 2 is 1.78 bits per heavy atom. The molecule has 1 atom stereocenters. The zero-order valence-electron chi connectivity index (χ0n) is 9.52. The van der Waals surface area contributed by atoms with Crippen molar-refractivity contribution < 1.29 is 17.9 Å². The second-order valence-electron chi connectivity index (χ2n) is 3.97. The summed E-state index contributed by atoms with van der Waals surface area (Å²) in [5, 5.41) is 0. The van der Waals surface area contributed by atoms with Crippen LogP contribution >= 0.6 is 31.9 Å². The highest BCUT2D eigenvalue weighted by Gasteiger charge is 2.29. The minimum Gasteiger partial charge on any atom is -0.482 e. The topological polar surface area (TPSA) is 35.2 Å². The first-order chi connectivity index (χ1) is 8.19. The van der Waals surface area contributed by atoms with Crippen LogP contribution in [0.3, 0.4) is 0 Å². The van der Waals surface area contributed by atoms with Gasteiger partial charge in [-0.2, -0.15) is 13.2 Å². The van der Waals surface area contributed by atoms with Crippen molar-refractivity contribution in [1.29, 1.82) is 0 Å². The second kappa shape index (κ2) is 6.25. The van der Waals surface area contributed by atoms with E-state index in [0.717, 1.165) is 5.56 Å². The molecule has 2 nitrogen and oxygen atoms in total. The van der Waals surface area contributed by atoms with Gasteiger partial charge in [0.25, 0.3) is 0 Å². The summed E-state index contributed by atoms with van der Waals surface area (Å²) in [6.45, 7) is 0.534. The van der Waals surface area contributed by atoms with Crippen molar-refractivity contribution in [2.24, 2.45) is 5.73 Å². The quantitative estimate of drug-likeness (QED) is 0.841. The molecule has 1 unspecified atom stereocenters. The first kappa shape index (κ1) is 15.8. The fourth-order valence-electron chi connectivity index (χ4n) is 1.39. The summed E-state index contributed by atoms with van der Waals surface area (Å²) >= 11 is 6.38. The maximum absolute atomic E-state index is 12.1.